The topological polar surface area (TPSA) is 70.7 Å². The maximum absolute atomic E-state index is 11.8. The van der Waals surface area contributed by atoms with E-state index < -0.39 is 0 Å². The van der Waals surface area contributed by atoms with Gasteiger partial charge in [0, 0.05) is 30.6 Å². The number of hydrogen-bond acceptors (Lipinski definition) is 4. The van der Waals surface area contributed by atoms with Crippen LogP contribution in [0.4, 0.5) is 0 Å². The van der Waals surface area contributed by atoms with Crippen molar-refractivity contribution in [2.24, 2.45) is 0 Å². The van der Waals surface area contributed by atoms with Gasteiger partial charge in [0.15, 0.2) is 0 Å². The van der Waals surface area contributed by atoms with Gasteiger partial charge < -0.3 is 10.3 Å². The number of aryl methyl sites for hydroxylation is 1. The van der Waals surface area contributed by atoms with Crippen LogP contribution in [0.5, 0.6) is 0 Å². The summed E-state index contributed by atoms with van der Waals surface area (Å²) in [6, 6.07) is 3.43. The quantitative estimate of drug-likeness (QED) is 0.788. The lowest BCUT2D eigenvalue weighted by atomic mass is 10.1. The van der Waals surface area contributed by atoms with Crippen LogP contribution in [-0.2, 0) is 13.0 Å². The first-order valence-corrected chi connectivity index (χ1v) is 6.98. The summed E-state index contributed by atoms with van der Waals surface area (Å²) in [5, 5.41) is 3.26. The van der Waals surface area contributed by atoms with Gasteiger partial charge in [-0.3, -0.25) is 9.78 Å². The van der Waals surface area contributed by atoms with Crippen molar-refractivity contribution in [3.8, 4) is 11.4 Å². The van der Waals surface area contributed by atoms with E-state index in [0.29, 0.717) is 12.4 Å². The van der Waals surface area contributed by atoms with Crippen molar-refractivity contribution < 1.29 is 0 Å². The number of aromatic amines is 1. The van der Waals surface area contributed by atoms with Crippen molar-refractivity contribution in [1.82, 2.24) is 20.3 Å². The van der Waals surface area contributed by atoms with Gasteiger partial charge in [-0.2, -0.15) is 0 Å². The first-order valence-electron chi connectivity index (χ1n) is 6.98. The van der Waals surface area contributed by atoms with Crippen molar-refractivity contribution in [1.29, 1.82) is 0 Å². The van der Waals surface area contributed by atoms with Gasteiger partial charge in [-0.05, 0) is 31.0 Å². The zero-order chi connectivity index (χ0) is 14.4. The molecule has 0 amide bonds. The van der Waals surface area contributed by atoms with E-state index >= 15 is 0 Å². The number of nitrogens with zero attached hydrogens (tertiary/aromatic N) is 2. The highest BCUT2D eigenvalue weighted by molar-refractivity contribution is 5.59. The molecule has 0 atom stereocenters. The Labute approximate surface area is 118 Å². The Morgan fingerprint density at radius 2 is 2.20 bits per heavy atom. The summed E-state index contributed by atoms with van der Waals surface area (Å²) in [6.45, 7) is 5.69. The number of rotatable bonds is 6. The van der Waals surface area contributed by atoms with Crippen molar-refractivity contribution >= 4 is 0 Å². The van der Waals surface area contributed by atoms with Crippen LogP contribution in [0.3, 0.4) is 0 Å². The fourth-order valence-electron chi connectivity index (χ4n) is 2.06. The van der Waals surface area contributed by atoms with Crippen molar-refractivity contribution in [3.05, 3.63) is 46.1 Å². The third-order valence-corrected chi connectivity index (χ3v) is 3.07. The molecule has 5 nitrogen and oxygen atoms in total. The Morgan fingerprint density at radius 3 is 2.95 bits per heavy atom. The zero-order valence-corrected chi connectivity index (χ0v) is 11.9. The van der Waals surface area contributed by atoms with Crippen LogP contribution in [0.1, 0.15) is 31.5 Å². The standard InChI is InChI=1S/C15H20N4O/c1-3-6-16-10-12-8-14(20)19-15(18-12)13-5-7-17-9-11(13)4-2/h5,7-9,16H,3-4,6,10H2,1-2H3,(H,18,19,20). The van der Waals surface area contributed by atoms with E-state index in [9.17, 15) is 4.79 Å². The maximum atomic E-state index is 11.8. The van der Waals surface area contributed by atoms with E-state index in [1.54, 1.807) is 12.3 Å². The van der Waals surface area contributed by atoms with Crippen LogP contribution in [0.2, 0.25) is 0 Å². The molecule has 0 aromatic carbocycles. The maximum Gasteiger partial charge on any atom is 0.251 e. The largest absolute Gasteiger partial charge is 0.311 e. The molecular weight excluding hydrogens is 252 g/mol. The van der Waals surface area contributed by atoms with Gasteiger partial charge in [-0.25, -0.2) is 4.98 Å². The minimum Gasteiger partial charge on any atom is -0.311 e. The molecule has 2 rings (SSSR count). The highest BCUT2D eigenvalue weighted by Crippen LogP contribution is 2.18. The average Bonchev–Trinajstić information content (AvgIpc) is 2.47. The van der Waals surface area contributed by atoms with Gasteiger partial charge >= 0.3 is 0 Å². The number of pyridine rings is 1. The third-order valence-electron chi connectivity index (χ3n) is 3.07. The Bertz CT molecular complexity index is 621. The molecule has 0 aliphatic heterocycles. The summed E-state index contributed by atoms with van der Waals surface area (Å²) < 4.78 is 0. The van der Waals surface area contributed by atoms with Crippen LogP contribution >= 0.6 is 0 Å². The van der Waals surface area contributed by atoms with Gasteiger partial charge in [0.25, 0.3) is 5.56 Å². The molecule has 0 saturated heterocycles. The van der Waals surface area contributed by atoms with Crippen molar-refractivity contribution in [3.63, 3.8) is 0 Å². The minimum absolute atomic E-state index is 0.123. The summed E-state index contributed by atoms with van der Waals surface area (Å²) in [7, 11) is 0. The van der Waals surface area contributed by atoms with E-state index in [1.165, 1.54) is 0 Å². The van der Waals surface area contributed by atoms with Crippen LogP contribution in [0, 0.1) is 0 Å². The van der Waals surface area contributed by atoms with Crippen molar-refractivity contribution in [2.45, 2.75) is 33.2 Å². The Kier molecular flexibility index (Phi) is 5.01. The summed E-state index contributed by atoms with van der Waals surface area (Å²) >= 11 is 0. The summed E-state index contributed by atoms with van der Waals surface area (Å²) in [4.78, 5) is 23.2. The van der Waals surface area contributed by atoms with Gasteiger partial charge in [-0.1, -0.05) is 13.8 Å². The van der Waals surface area contributed by atoms with E-state index in [0.717, 1.165) is 36.2 Å². The lowest BCUT2D eigenvalue weighted by Crippen LogP contribution is -2.18. The zero-order valence-electron chi connectivity index (χ0n) is 11.9. The highest BCUT2D eigenvalue weighted by atomic mass is 16.1. The Hall–Kier alpha value is -2.01. The lowest BCUT2D eigenvalue weighted by molar-refractivity contribution is 0.662. The van der Waals surface area contributed by atoms with E-state index in [4.69, 9.17) is 0 Å². The predicted molar refractivity (Wildman–Crippen MR) is 79.5 cm³/mol. The molecule has 0 fully saturated rings. The van der Waals surface area contributed by atoms with E-state index in [2.05, 4.69) is 34.1 Å². The van der Waals surface area contributed by atoms with E-state index in [1.807, 2.05) is 12.3 Å². The molecule has 0 unspecified atom stereocenters. The van der Waals surface area contributed by atoms with Gasteiger partial charge in [0.2, 0.25) is 0 Å². The predicted octanol–water partition coefficient (Wildman–Crippen LogP) is 1.89. The van der Waals surface area contributed by atoms with Crippen LogP contribution in [-0.4, -0.2) is 21.5 Å². The molecule has 2 N–H and O–H groups in total. The van der Waals surface area contributed by atoms with Crippen molar-refractivity contribution in [2.75, 3.05) is 6.54 Å². The Morgan fingerprint density at radius 1 is 1.35 bits per heavy atom. The van der Waals surface area contributed by atoms with Crippen LogP contribution < -0.4 is 10.9 Å². The van der Waals surface area contributed by atoms with Gasteiger partial charge in [-0.15, -0.1) is 0 Å². The highest BCUT2D eigenvalue weighted by Gasteiger charge is 2.08. The summed E-state index contributed by atoms with van der Waals surface area (Å²) in [5.74, 6) is 0.616. The fraction of sp³-hybridized carbons (Fsp3) is 0.400. The molecule has 0 spiro atoms. The molecule has 0 radical (unpaired) electrons. The second kappa shape index (κ2) is 6.96. The van der Waals surface area contributed by atoms with Crippen LogP contribution in [0.25, 0.3) is 11.4 Å². The minimum atomic E-state index is -0.123. The molecule has 2 heterocycles. The monoisotopic (exact) mass is 272 g/mol. The number of aromatic nitrogens is 3. The molecular formula is C15H20N4O. The molecule has 20 heavy (non-hydrogen) atoms. The average molecular weight is 272 g/mol. The fourth-order valence-corrected chi connectivity index (χ4v) is 2.06. The molecule has 5 heteroatoms. The Balaban J connectivity index is 2.34. The normalized spacial score (nSPS) is 10.7. The summed E-state index contributed by atoms with van der Waals surface area (Å²) in [6.07, 6.45) is 5.44. The second-order valence-electron chi connectivity index (χ2n) is 4.65. The smallest absolute Gasteiger partial charge is 0.251 e. The van der Waals surface area contributed by atoms with Crippen LogP contribution in [0.15, 0.2) is 29.3 Å². The number of nitrogens with one attached hydrogen (secondary N) is 2. The van der Waals surface area contributed by atoms with Gasteiger partial charge in [0.1, 0.15) is 5.82 Å². The first kappa shape index (κ1) is 14.4. The molecule has 0 aliphatic carbocycles. The molecule has 0 saturated carbocycles. The first-order chi connectivity index (χ1) is 9.74. The van der Waals surface area contributed by atoms with Gasteiger partial charge in [0.05, 0.1) is 5.69 Å². The molecule has 2 aromatic heterocycles. The summed E-state index contributed by atoms with van der Waals surface area (Å²) in [5.41, 5.74) is 2.66. The number of H-pyrrole nitrogens is 1. The molecule has 2 aromatic rings. The van der Waals surface area contributed by atoms with E-state index in [-0.39, 0.29) is 5.56 Å². The SMILES string of the molecule is CCCNCc1cc(=O)[nH]c(-c2ccncc2CC)n1. The molecule has 106 valence electrons. The lowest BCUT2D eigenvalue weighted by Gasteiger charge is -2.08. The molecule has 0 aliphatic rings. The number of hydrogen-bond donors (Lipinski definition) is 2. The molecule has 0 bridgehead atoms. The second-order valence-corrected chi connectivity index (χ2v) is 4.65. The third kappa shape index (κ3) is 3.51.